The summed E-state index contributed by atoms with van der Waals surface area (Å²) in [6.45, 7) is 4.07. The fourth-order valence-electron chi connectivity index (χ4n) is 3.54. The molecule has 0 saturated carbocycles. The first-order valence-electron chi connectivity index (χ1n) is 9.92. The van der Waals surface area contributed by atoms with Gasteiger partial charge in [-0.2, -0.15) is 0 Å². The number of piperazine rings is 1. The first kappa shape index (κ1) is 19.8. The third-order valence-electron chi connectivity index (χ3n) is 5.16. The molecule has 1 N–H and O–H groups in total. The average molecular weight is 411 g/mol. The largest absolute Gasteiger partial charge is 0.497 e. The van der Waals surface area contributed by atoms with E-state index in [-0.39, 0.29) is 5.91 Å². The highest BCUT2D eigenvalue weighted by molar-refractivity contribution is 7.99. The summed E-state index contributed by atoms with van der Waals surface area (Å²) in [6, 6.07) is 16.1. The molecule has 4 rings (SSSR count). The average Bonchev–Trinajstić information content (AvgIpc) is 3.16. The van der Waals surface area contributed by atoms with Gasteiger partial charge in [0, 0.05) is 49.3 Å². The Balaban J connectivity index is 1.23. The fraction of sp³-hybridized carbons (Fsp3) is 0.364. The number of imidazole rings is 1. The van der Waals surface area contributed by atoms with Crippen molar-refractivity contribution in [3.05, 3.63) is 54.4 Å². The number of hydrogen-bond donors (Lipinski definition) is 1. The molecule has 0 bridgehead atoms. The van der Waals surface area contributed by atoms with Crippen LogP contribution < -0.4 is 4.74 Å². The van der Waals surface area contributed by atoms with Crippen LogP contribution in [0.4, 0.5) is 0 Å². The minimum absolute atomic E-state index is 0.254. The second-order valence-corrected chi connectivity index (χ2v) is 8.30. The molecule has 0 unspecified atom stereocenters. The zero-order valence-electron chi connectivity index (χ0n) is 16.6. The van der Waals surface area contributed by atoms with E-state index in [2.05, 4.69) is 27.0 Å². The van der Waals surface area contributed by atoms with Crippen LogP contribution in [0.1, 0.15) is 12.2 Å². The summed E-state index contributed by atoms with van der Waals surface area (Å²) >= 11 is 1.74. The maximum atomic E-state index is 12.5. The number of ether oxygens (including phenoxy) is 1. The molecule has 1 aromatic heterocycles. The molecule has 1 saturated heterocycles. The van der Waals surface area contributed by atoms with Gasteiger partial charge in [0.05, 0.1) is 24.7 Å². The van der Waals surface area contributed by atoms with E-state index in [9.17, 15) is 4.79 Å². The Hall–Kier alpha value is -2.51. The molecule has 7 heteroatoms. The lowest BCUT2D eigenvalue weighted by atomic mass is 10.3. The van der Waals surface area contributed by atoms with Crippen LogP contribution in [-0.2, 0) is 11.3 Å². The Kier molecular flexibility index (Phi) is 6.36. The zero-order chi connectivity index (χ0) is 20.1. The summed E-state index contributed by atoms with van der Waals surface area (Å²) in [6.07, 6.45) is 0.588. The van der Waals surface area contributed by atoms with E-state index in [1.54, 1.807) is 18.9 Å². The van der Waals surface area contributed by atoms with Gasteiger partial charge in [0.15, 0.2) is 0 Å². The second kappa shape index (κ2) is 9.33. The standard InChI is InChI=1S/C22H26N4O2S/c1-28-17-7-8-19-20(15-17)24-21(23-19)16-25-10-12-26(13-11-25)22(27)9-14-29-18-5-3-2-4-6-18/h2-8,15H,9-14,16H2,1H3,(H,23,24). The van der Waals surface area contributed by atoms with Gasteiger partial charge >= 0.3 is 0 Å². The molecule has 0 atom stereocenters. The van der Waals surface area contributed by atoms with Crippen molar-refractivity contribution in [1.82, 2.24) is 19.8 Å². The van der Waals surface area contributed by atoms with Crippen LogP contribution >= 0.6 is 11.8 Å². The SMILES string of the molecule is COc1ccc2nc(CN3CCN(C(=O)CCSc4ccccc4)CC3)[nH]c2c1. The number of hydrogen-bond acceptors (Lipinski definition) is 5. The summed E-state index contributed by atoms with van der Waals surface area (Å²) in [5, 5.41) is 0. The highest BCUT2D eigenvalue weighted by atomic mass is 32.2. The van der Waals surface area contributed by atoms with Gasteiger partial charge in [-0.25, -0.2) is 4.98 Å². The predicted molar refractivity (Wildman–Crippen MR) is 116 cm³/mol. The first-order valence-corrected chi connectivity index (χ1v) is 10.9. The van der Waals surface area contributed by atoms with Gasteiger partial charge in [-0.05, 0) is 24.3 Å². The fourth-order valence-corrected chi connectivity index (χ4v) is 4.40. The molecule has 2 aromatic carbocycles. The van der Waals surface area contributed by atoms with E-state index in [1.165, 1.54) is 4.90 Å². The number of nitrogens with zero attached hydrogens (tertiary/aromatic N) is 3. The smallest absolute Gasteiger partial charge is 0.223 e. The van der Waals surface area contributed by atoms with E-state index in [4.69, 9.17) is 4.74 Å². The molecular weight excluding hydrogens is 384 g/mol. The van der Waals surface area contributed by atoms with Crippen molar-refractivity contribution < 1.29 is 9.53 Å². The molecule has 3 aromatic rings. The molecule has 0 aliphatic carbocycles. The monoisotopic (exact) mass is 410 g/mol. The number of benzene rings is 2. The summed E-state index contributed by atoms with van der Waals surface area (Å²) in [7, 11) is 1.67. The number of carbonyl (C=O) groups is 1. The van der Waals surface area contributed by atoms with Crippen molar-refractivity contribution in [3.63, 3.8) is 0 Å². The molecule has 1 fully saturated rings. The summed E-state index contributed by atoms with van der Waals surface area (Å²) in [4.78, 5) is 26.1. The van der Waals surface area contributed by atoms with Crippen LogP contribution in [0.2, 0.25) is 0 Å². The Morgan fingerprint density at radius 3 is 2.69 bits per heavy atom. The zero-order valence-corrected chi connectivity index (χ0v) is 17.5. The number of amides is 1. The lowest BCUT2D eigenvalue weighted by molar-refractivity contribution is -0.132. The van der Waals surface area contributed by atoms with E-state index in [1.807, 2.05) is 41.3 Å². The minimum atomic E-state index is 0.254. The number of aromatic nitrogens is 2. The van der Waals surface area contributed by atoms with Gasteiger partial charge in [0.25, 0.3) is 0 Å². The third kappa shape index (κ3) is 5.10. The maximum absolute atomic E-state index is 12.5. The molecule has 0 spiro atoms. The van der Waals surface area contributed by atoms with Crippen molar-refractivity contribution in [2.24, 2.45) is 0 Å². The van der Waals surface area contributed by atoms with Crippen molar-refractivity contribution in [2.45, 2.75) is 17.9 Å². The molecule has 6 nitrogen and oxygen atoms in total. The van der Waals surface area contributed by atoms with Crippen LogP contribution in [0.5, 0.6) is 5.75 Å². The van der Waals surface area contributed by atoms with Gasteiger partial charge in [0.2, 0.25) is 5.91 Å². The van der Waals surface area contributed by atoms with Gasteiger partial charge in [-0.1, -0.05) is 18.2 Å². The number of rotatable bonds is 7. The van der Waals surface area contributed by atoms with Crippen molar-refractivity contribution >= 4 is 28.7 Å². The van der Waals surface area contributed by atoms with E-state index in [0.29, 0.717) is 6.42 Å². The van der Waals surface area contributed by atoms with Crippen LogP contribution in [0.15, 0.2) is 53.4 Å². The third-order valence-corrected chi connectivity index (χ3v) is 6.18. The molecule has 1 amide bonds. The van der Waals surface area contributed by atoms with Gasteiger partial charge in [-0.15, -0.1) is 11.8 Å². The number of carbonyl (C=O) groups excluding carboxylic acids is 1. The normalized spacial score (nSPS) is 15.0. The van der Waals surface area contributed by atoms with Crippen molar-refractivity contribution in [2.75, 3.05) is 39.0 Å². The maximum Gasteiger partial charge on any atom is 0.223 e. The highest BCUT2D eigenvalue weighted by Crippen LogP contribution is 2.20. The molecule has 0 radical (unpaired) electrons. The summed E-state index contributed by atoms with van der Waals surface area (Å²) in [5.41, 5.74) is 1.94. The molecule has 152 valence electrons. The first-order chi connectivity index (χ1) is 14.2. The van der Waals surface area contributed by atoms with Crippen molar-refractivity contribution in [1.29, 1.82) is 0 Å². The number of methoxy groups -OCH3 is 1. The molecule has 1 aliphatic heterocycles. The van der Waals surface area contributed by atoms with Crippen LogP contribution in [-0.4, -0.2) is 64.7 Å². The number of thioether (sulfide) groups is 1. The quantitative estimate of drug-likeness (QED) is 0.605. The van der Waals surface area contributed by atoms with Crippen LogP contribution in [0.25, 0.3) is 11.0 Å². The number of fused-ring (bicyclic) bond motifs is 1. The predicted octanol–water partition coefficient (Wildman–Crippen LogP) is 3.40. The lowest BCUT2D eigenvalue weighted by Gasteiger charge is -2.34. The second-order valence-electron chi connectivity index (χ2n) is 7.14. The number of H-pyrrole nitrogens is 1. The van der Waals surface area contributed by atoms with E-state index in [0.717, 1.165) is 61.1 Å². The van der Waals surface area contributed by atoms with Gasteiger partial charge in [0.1, 0.15) is 11.6 Å². The van der Waals surface area contributed by atoms with Gasteiger partial charge < -0.3 is 14.6 Å². The van der Waals surface area contributed by atoms with Crippen LogP contribution in [0, 0.1) is 0 Å². The van der Waals surface area contributed by atoms with E-state index < -0.39 is 0 Å². The number of nitrogens with one attached hydrogen (secondary N) is 1. The number of aromatic amines is 1. The minimum Gasteiger partial charge on any atom is -0.497 e. The molecule has 29 heavy (non-hydrogen) atoms. The van der Waals surface area contributed by atoms with Crippen LogP contribution in [0.3, 0.4) is 0 Å². The Morgan fingerprint density at radius 2 is 1.93 bits per heavy atom. The lowest BCUT2D eigenvalue weighted by Crippen LogP contribution is -2.48. The Bertz CT molecular complexity index is 952. The van der Waals surface area contributed by atoms with E-state index >= 15 is 0 Å². The van der Waals surface area contributed by atoms with Crippen molar-refractivity contribution in [3.8, 4) is 5.75 Å². The summed E-state index contributed by atoms with van der Waals surface area (Å²) < 4.78 is 5.27. The molecular formula is C22H26N4O2S. The topological polar surface area (TPSA) is 61.5 Å². The molecule has 2 heterocycles. The molecule has 1 aliphatic rings. The highest BCUT2D eigenvalue weighted by Gasteiger charge is 2.21. The summed E-state index contributed by atoms with van der Waals surface area (Å²) in [5.74, 6) is 2.85. The Labute approximate surface area is 175 Å². The van der Waals surface area contributed by atoms with Gasteiger partial charge in [-0.3, -0.25) is 9.69 Å². The Morgan fingerprint density at radius 1 is 1.14 bits per heavy atom.